The van der Waals surface area contributed by atoms with E-state index in [0.717, 1.165) is 23.2 Å². The summed E-state index contributed by atoms with van der Waals surface area (Å²) < 4.78 is 15.3. The van der Waals surface area contributed by atoms with Crippen molar-refractivity contribution < 1.29 is 9.18 Å². The molecule has 5 rings (SSSR count). The molecule has 3 aromatic rings. The number of pyridine rings is 1. The molecule has 2 aliphatic rings. The predicted molar refractivity (Wildman–Crippen MR) is 119 cm³/mol. The van der Waals surface area contributed by atoms with Gasteiger partial charge in [-0.05, 0) is 54.3 Å². The molecular weight excluding hydrogens is 417 g/mol. The molecule has 3 heterocycles. The number of amides is 2. The Kier molecular flexibility index (Phi) is 5.02. The normalized spacial score (nSPS) is 19.6. The van der Waals surface area contributed by atoms with Crippen molar-refractivity contribution in [2.75, 3.05) is 18.4 Å². The number of hydrogen-bond acceptors (Lipinski definition) is 2. The van der Waals surface area contributed by atoms with Gasteiger partial charge in [-0.15, -0.1) is 0 Å². The Morgan fingerprint density at radius 2 is 1.84 bits per heavy atom. The summed E-state index contributed by atoms with van der Waals surface area (Å²) in [6, 6.07) is 16.7. The summed E-state index contributed by atoms with van der Waals surface area (Å²) in [6.07, 6.45) is 0.924. The highest BCUT2D eigenvalue weighted by atomic mass is 35.5. The van der Waals surface area contributed by atoms with Gasteiger partial charge in [-0.1, -0.05) is 29.8 Å². The molecule has 0 saturated carbocycles. The maximum atomic E-state index is 13.5. The summed E-state index contributed by atoms with van der Waals surface area (Å²) in [4.78, 5) is 27.3. The van der Waals surface area contributed by atoms with Gasteiger partial charge < -0.3 is 14.8 Å². The maximum Gasteiger partial charge on any atom is 0.321 e. The number of fused-ring (bicyclic) bond motifs is 4. The molecule has 1 aromatic heterocycles. The van der Waals surface area contributed by atoms with Gasteiger partial charge in [-0.2, -0.15) is 0 Å². The fraction of sp³-hybridized carbons (Fsp3) is 0.250. The third kappa shape index (κ3) is 3.83. The molecule has 1 saturated heterocycles. The van der Waals surface area contributed by atoms with Crippen LogP contribution in [-0.2, 0) is 6.54 Å². The van der Waals surface area contributed by atoms with Crippen molar-refractivity contribution in [2.45, 2.75) is 18.9 Å². The molecule has 158 valence electrons. The fourth-order valence-electron chi connectivity index (χ4n) is 4.82. The number of urea groups is 1. The summed E-state index contributed by atoms with van der Waals surface area (Å²) in [5.74, 6) is -0.151. The molecule has 2 bridgehead atoms. The Labute approximate surface area is 184 Å². The number of likely N-dealkylation sites (tertiary alicyclic amines) is 1. The van der Waals surface area contributed by atoms with Crippen LogP contribution in [0.25, 0.3) is 11.1 Å². The van der Waals surface area contributed by atoms with Crippen LogP contribution in [0.4, 0.5) is 14.9 Å². The van der Waals surface area contributed by atoms with Gasteiger partial charge in [-0.3, -0.25) is 4.79 Å². The van der Waals surface area contributed by atoms with E-state index in [1.807, 2.05) is 34.9 Å². The molecule has 1 fully saturated rings. The van der Waals surface area contributed by atoms with Crippen LogP contribution in [0.3, 0.4) is 0 Å². The Morgan fingerprint density at radius 1 is 1.03 bits per heavy atom. The van der Waals surface area contributed by atoms with E-state index in [1.165, 1.54) is 12.1 Å². The van der Waals surface area contributed by atoms with Crippen molar-refractivity contribution in [3.05, 3.63) is 87.6 Å². The van der Waals surface area contributed by atoms with Gasteiger partial charge in [-0.25, -0.2) is 9.18 Å². The number of hydrogen-bond donors (Lipinski definition) is 1. The van der Waals surface area contributed by atoms with Gasteiger partial charge in [0.05, 0.1) is 0 Å². The monoisotopic (exact) mass is 437 g/mol. The molecule has 2 unspecified atom stereocenters. The van der Waals surface area contributed by atoms with Crippen LogP contribution in [-0.4, -0.2) is 28.6 Å². The lowest BCUT2D eigenvalue weighted by molar-refractivity contribution is 0.140. The van der Waals surface area contributed by atoms with E-state index >= 15 is 0 Å². The van der Waals surface area contributed by atoms with Crippen molar-refractivity contribution in [2.24, 2.45) is 5.92 Å². The lowest BCUT2D eigenvalue weighted by Crippen LogP contribution is -2.50. The van der Waals surface area contributed by atoms with Crippen molar-refractivity contribution in [1.29, 1.82) is 0 Å². The molecule has 7 heteroatoms. The Morgan fingerprint density at radius 3 is 2.61 bits per heavy atom. The summed E-state index contributed by atoms with van der Waals surface area (Å²) >= 11 is 6.05. The van der Waals surface area contributed by atoms with Crippen molar-refractivity contribution in [3.63, 3.8) is 0 Å². The lowest BCUT2D eigenvalue weighted by atomic mass is 9.80. The molecule has 0 radical (unpaired) electrons. The average molecular weight is 438 g/mol. The first-order chi connectivity index (χ1) is 15.0. The number of nitrogens with zero attached hydrogens (tertiary/aromatic N) is 2. The van der Waals surface area contributed by atoms with E-state index in [-0.39, 0.29) is 23.4 Å². The molecule has 2 atom stereocenters. The van der Waals surface area contributed by atoms with Gasteiger partial charge in [0.15, 0.2) is 0 Å². The Bertz CT molecular complexity index is 1210. The predicted octanol–water partition coefficient (Wildman–Crippen LogP) is 4.96. The molecule has 5 nitrogen and oxygen atoms in total. The molecule has 31 heavy (non-hydrogen) atoms. The third-order valence-corrected chi connectivity index (χ3v) is 6.36. The first-order valence-electron chi connectivity index (χ1n) is 10.3. The molecular formula is C24H21ClFN3O2. The summed E-state index contributed by atoms with van der Waals surface area (Å²) in [7, 11) is 0. The SMILES string of the molecule is O=C(Nc1cccc(F)c1)N1CC2CC(C1)c1c(-c3ccc(Cl)cc3)ccc(=O)n1C2. The van der Waals surface area contributed by atoms with Gasteiger partial charge in [0.25, 0.3) is 5.56 Å². The maximum absolute atomic E-state index is 13.5. The number of carbonyl (C=O) groups is 1. The van der Waals surface area contributed by atoms with Crippen LogP contribution in [0.15, 0.2) is 65.5 Å². The summed E-state index contributed by atoms with van der Waals surface area (Å²) in [5, 5.41) is 3.45. The highest BCUT2D eigenvalue weighted by Gasteiger charge is 2.37. The largest absolute Gasteiger partial charge is 0.324 e. The number of rotatable bonds is 2. The van der Waals surface area contributed by atoms with Crippen molar-refractivity contribution in [3.8, 4) is 11.1 Å². The minimum atomic E-state index is -0.394. The first kappa shape index (κ1) is 19.8. The Hall–Kier alpha value is -3.12. The number of anilines is 1. The standard InChI is InChI=1S/C24H21ClFN3O2/c25-18-6-4-16(5-7-18)21-8-9-22(30)29-13-15-10-17(23(21)29)14-28(12-15)24(31)27-20-3-1-2-19(26)11-20/h1-9,11,15,17H,10,12-14H2,(H,27,31). The number of aromatic nitrogens is 1. The second-order valence-electron chi connectivity index (χ2n) is 8.23. The number of halogens is 2. The van der Waals surface area contributed by atoms with Gasteiger partial charge >= 0.3 is 6.03 Å². The topological polar surface area (TPSA) is 54.3 Å². The minimum Gasteiger partial charge on any atom is -0.324 e. The van der Waals surface area contributed by atoms with E-state index in [0.29, 0.717) is 30.3 Å². The molecule has 2 amide bonds. The average Bonchev–Trinajstić information content (AvgIpc) is 2.75. The molecule has 2 aliphatic heterocycles. The summed E-state index contributed by atoms with van der Waals surface area (Å²) in [5.41, 5.74) is 3.37. The lowest BCUT2D eigenvalue weighted by Gasteiger charge is -2.43. The van der Waals surface area contributed by atoms with Crippen LogP contribution in [0.1, 0.15) is 18.0 Å². The number of benzene rings is 2. The number of carbonyl (C=O) groups excluding carboxylic acids is 1. The minimum absolute atomic E-state index is 0.0138. The van der Waals surface area contributed by atoms with Crippen molar-refractivity contribution >= 4 is 23.3 Å². The van der Waals surface area contributed by atoms with E-state index < -0.39 is 5.82 Å². The fourth-order valence-corrected chi connectivity index (χ4v) is 4.95. The zero-order valence-electron chi connectivity index (χ0n) is 16.7. The molecule has 0 spiro atoms. The van der Waals surface area contributed by atoms with E-state index in [2.05, 4.69) is 5.32 Å². The zero-order valence-corrected chi connectivity index (χ0v) is 17.5. The first-order valence-corrected chi connectivity index (χ1v) is 10.7. The molecule has 1 N–H and O–H groups in total. The van der Waals surface area contributed by atoms with E-state index in [9.17, 15) is 14.0 Å². The number of nitrogens with one attached hydrogen (secondary N) is 1. The van der Waals surface area contributed by atoms with Gasteiger partial charge in [0.2, 0.25) is 0 Å². The van der Waals surface area contributed by atoms with Crippen LogP contribution in [0.2, 0.25) is 5.02 Å². The molecule has 0 aliphatic carbocycles. The highest BCUT2D eigenvalue weighted by Crippen LogP contribution is 2.40. The highest BCUT2D eigenvalue weighted by molar-refractivity contribution is 6.30. The van der Waals surface area contributed by atoms with Crippen LogP contribution in [0.5, 0.6) is 0 Å². The number of piperidine rings is 1. The second kappa shape index (κ2) is 7.85. The van der Waals surface area contributed by atoms with Gasteiger partial charge in [0, 0.05) is 53.6 Å². The van der Waals surface area contributed by atoms with Crippen molar-refractivity contribution in [1.82, 2.24) is 9.47 Å². The second-order valence-corrected chi connectivity index (χ2v) is 8.67. The van der Waals surface area contributed by atoms with E-state index in [1.54, 1.807) is 23.1 Å². The third-order valence-electron chi connectivity index (χ3n) is 6.11. The van der Waals surface area contributed by atoms with Crippen LogP contribution < -0.4 is 10.9 Å². The Balaban J connectivity index is 1.46. The molecule has 2 aromatic carbocycles. The van der Waals surface area contributed by atoms with Gasteiger partial charge in [0.1, 0.15) is 5.82 Å². The smallest absolute Gasteiger partial charge is 0.321 e. The van der Waals surface area contributed by atoms with Crippen LogP contribution >= 0.6 is 11.6 Å². The zero-order chi connectivity index (χ0) is 21.5. The summed E-state index contributed by atoms with van der Waals surface area (Å²) in [6.45, 7) is 1.65. The van der Waals surface area contributed by atoms with Crippen LogP contribution in [0, 0.1) is 11.7 Å². The van der Waals surface area contributed by atoms with E-state index in [4.69, 9.17) is 11.6 Å². The quantitative estimate of drug-likeness (QED) is 0.616.